The van der Waals surface area contributed by atoms with Crippen molar-refractivity contribution >= 4 is 14.0 Å². The van der Waals surface area contributed by atoms with Crippen molar-refractivity contribution in [1.29, 1.82) is 0 Å². The fraction of sp³-hybridized carbons (Fsp3) is 0.421. The molecule has 0 spiro atoms. The fourth-order valence-electron chi connectivity index (χ4n) is 2.35. The van der Waals surface area contributed by atoms with E-state index in [2.05, 4.69) is 32.2 Å². The fourth-order valence-corrected chi connectivity index (χ4v) is 4.79. The van der Waals surface area contributed by atoms with Crippen molar-refractivity contribution in [2.75, 3.05) is 7.11 Å². The molecule has 1 aromatic rings. The SMILES string of the molecule is CC[Si](C#Cc1ccc(C)c(O/C(=C\OC)C(=O)O)c1)(CC)CC. The van der Waals surface area contributed by atoms with E-state index >= 15 is 0 Å². The molecule has 0 aliphatic rings. The predicted molar refractivity (Wildman–Crippen MR) is 98.6 cm³/mol. The molecule has 1 rings (SSSR count). The Bertz CT molecular complexity index is 655. The van der Waals surface area contributed by atoms with Crippen LogP contribution in [0.5, 0.6) is 5.75 Å². The third kappa shape index (κ3) is 5.17. The second kappa shape index (κ2) is 9.19. The van der Waals surface area contributed by atoms with Gasteiger partial charge >= 0.3 is 5.97 Å². The van der Waals surface area contributed by atoms with Crippen molar-refractivity contribution in [3.8, 4) is 17.2 Å². The Balaban J connectivity index is 3.15. The van der Waals surface area contributed by atoms with E-state index in [9.17, 15) is 4.79 Å². The summed E-state index contributed by atoms with van der Waals surface area (Å²) in [5.74, 6) is 2.31. The number of rotatable bonds is 7. The van der Waals surface area contributed by atoms with Crippen LogP contribution in [-0.4, -0.2) is 26.3 Å². The topological polar surface area (TPSA) is 55.8 Å². The van der Waals surface area contributed by atoms with Crippen LogP contribution in [0.1, 0.15) is 31.9 Å². The summed E-state index contributed by atoms with van der Waals surface area (Å²) in [4.78, 5) is 11.2. The van der Waals surface area contributed by atoms with Crippen LogP contribution in [0.4, 0.5) is 0 Å². The Morgan fingerprint density at radius 2 is 1.88 bits per heavy atom. The number of carbonyl (C=O) groups is 1. The predicted octanol–water partition coefficient (Wildman–Crippen LogP) is 4.35. The van der Waals surface area contributed by atoms with Crippen molar-refractivity contribution < 1.29 is 19.4 Å². The lowest BCUT2D eigenvalue weighted by Crippen LogP contribution is -2.29. The van der Waals surface area contributed by atoms with Crippen molar-refractivity contribution in [1.82, 2.24) is 0 Å². The highest BCUT2D eigenvalue weighted by Gasteiger charge is 2.24. The molecule has 24 heavy (non-hydrogen) atoms. The summed E-state index contributed by atoms with van der Waals surface area (Å²) in [6.07, 6.45) is 1.07. The molecule has 0 aliphatic carbocycles. The number of benzene rings is 1. The van der Waals surface area contributed by atoms with Crippen molar-refractivity contribution in [2.24, 2.45) is 0 Å². The molecule has 0 fully saturated rings. The van der Waals surface area contributed by atoms with Crippen molar-refractivity contribution in [2.45, 2.75) is 45.8 Å². The summed E-state index contributed by atoms with van der Waals surface area (Å²) in [7, 11) is -0.141. The molecule has 130 valence electrons. The summed E-state index contributed by atoms with van der Waals surface area (Å²) >= 11 is 0. The van der Waals surface area contributed by atoms with Gasteiger partial charge in [0.15, 0.2) is 0 Å². The first-order valence-electron chi connectivity index (χ1n) is 8.19. The number of methoxy groups -OCH3 is 1. The normalized spacial score (nSPS) is 11.5. The Kier molecular flexibility index (Phi) is 7.60. The molecule has 4 nitrogen and oxygen atoms in total. The minimum atomic E-state index is -1.52. The first-order chi connectivity index (χ1) is 11.4. The van der Waals surface area contributed by atoms with Gasteiger partial charge in [-0.2, -0.15) is 0 Å². The molecule has 1 N–H and O–H groups in total. The Hall–Kier alpha value is -2.19. The zero-order valence-electron chi connectivity index (χ0n) is 15.1. The summed E-state index contributed by atoms with van der Waals surface area (Å²) in [5.41, 5.74) is 5.20. The summed E-state index contributed by atoms with van der Waals surface area (Å²) < 4.78 is 10.2. The highest BCUT2D eigenvalue weighted by atomic mass is 28.3. The lowest BCUT2D eigenvalue weighted by molar-refractivity contribution is -0.135. The van der Waals surface area contributed by atoms with Gasteiger partial charge in [-0.05, 0) is 42.8 Å². The minimum Gasteiger partial charge on any atom is -0.500 e. The van der Waals surface area contributed by atoms with Crippen LogP contribution < -0.4 is 4.74 Å². The van der Waals surface area contributed by atoms with Gasteiger partial charge in [0, 0.05) is 5.56 Å². The minimum absolute atomic E-state index is 0.259. The molecule has 0 unspecified atom stereocenters. The van der Waals surface area contributed by atoms with Gasteiger partial charge in [-0.3, -0.25) is 0 Å². The third-order valence-electron chi connectivity index (χ3n) is 4.35. The van der Waals surface area contributed by atoms with E-state index in [-0.39, 0.29) is 5.76 Å². The van der Waals surface area contributed by atoms with E-state index < -0.39 is 14.0 Å². The Labute approximate surface area is 145 Å². The summed E-state index contributed by atoms with van der Waals surface area (Å²) in [6.45, 7) is 8.51. The van der Waals surface area contributed by atoms with Crippen LogP contribution in [-0.2, 0) is 9.53 Å². The molecule has 0 amide bonds. The molecule has 0 saturated carbocycles. The zero-order valence-corrected chi connectivity index (χ0v) is 16.1. The van der Waals surface area contributed by atoms with Crippen LogP contribution in [0, 0.1) is 18.4 Å². The second-order valence-electron chi connectivity index (χ2n) is 5.70. The lowest BCUT2D eigenvalue weighted by atomic mass is 10.1. The first kappa shape index (κ1) is 19.9. The third-order valence-corrected chi connectivity index (χ3v) is 9.06. The van der Waals surface area contributed by atoms with Crippen LogP contribution in [0.2, 0.25) is 18.1 Å². The lowest BCUT2D eigenvalue weighted by Gasteiger charge is -2.20. The molecular weight excluding hydrogens is 320 g/mol. The van der Waals surface area contributed by atoms with E-state index in [1.54, 1.807) is 6.07 Å². The largest absolute Gasteiger partial charge is 0.500 e. The first-order valence-corrected chi connectivity index (χ1v) is 10.8. The molecule has 0 atom stereocenters. The highest BCUT2D eigenvalue weighted by molar-refractivity contribution is 6.87. The van der Waals surface area contributed by atoms with Gasteiger partial charge in [0.05, 0.1) is 7.11 Å². The standard InChI is InChI=1S/C19H26O4Si/c1-6-24(7-2,8-3)12-11-16-10-9-15(4)17(13-16)23-18(14-22-5)19(20)21/h9-10,13-14H,6-8H2,1-5H3,(H,20,21)/b18-14-. The van der Waals surface area contributed by atoms with Gasteiger partial charge in [-0.15, -0.1) is 5.54 Å². The molecule has 0 saturated heterocycles. The molecule has 1 aromatic carbocycles. The Morgan fingerprint density at radius 1 is 1.25 bits per heavy atom. The van der Waals surface area contributed by atoms with Gasteiger partial charge in [-0.1, -0.05) is 32.8 Å². The van der Waals surface area contributed by atoms with E-state index in [4.69, 9.17) is 14.6 Å². The number of hydrogen-bond donors (Lipinski definition) is 1. The molecule has 0 bridgehead atoms. The van der Waals surface area contributed by atoms with Crippen molar-refractivity contribution in [3.05, 3.63) is 41.3 Å². The van der Waals surface area contributed by atoms with Gasteiger partial charge in [0.1, 0.15) is 20.1 Å². The maximum atomic E-state index is 11.2. The molecule has 0 heterocycles. The maximum Gasteiger partial charge on any atom is 0.375 e. The molecule has 0 aliphatic heterocycles. The quantitative estimate of drug-likeness (QED) is 0.345. The van der Waals surface area contributed by atoms with Gasteiger partial charge in [0.25, 0.3) is 0 Å². The van der Waals surface area contributed by atoms with Crippen LogP contribution in [0.15, 0.2) is 30.2 Å². The number of ether oxygens (including phenoxy) is 2. The van der Waals surface area contributed by atoms with E-state index in [1.807, 2.05) is 19.1 Å². The van der Waals surface area contributed by atoms with E-state index in [0.717, 1.165) is 35.5 Å². The van der Waals surface area contributed by atoms with Crippen LogP contribution in [0.25, 0.3) is 0 Å². The number of aryl methyl sites for hydroxylation is 1. The molecular formula is C19H26O4Si. The van der Waals surface area contributed by atoms with Gasteiger partial charge in [0.2, 0.25) is 5.76 Å². The van der Waals surface area contributed by atoms with E-state index in [0.29, 0.717) is 5.75 Å². The maximum absolute atomic E-state index is 11.2. The number of aliphatic carboxylic acids is 1. The Morgan fingerprint density at radius 3 is 2.38 bits per heavy atom. The summed E-state index contributed by atoms with van der Waals surface area (Å²) in [6, 6.07) is 9.04. The average molecular weight is 346 g/mol. The van der Waals surface area contributed by atoms with Gasteiger partial charge in [-0.25, -0.2) is 4.79 Å². The molecule has 0 radical (unpaired) electrons. The van der Waals surface area contributed by atoms with Crippen molar-refractivity contribution in [3.63, 3.8) is 0 Å². The summed E-state index contributed by atoms with van der Waals surface area (Å²) in [5, 5.41) is 9.14. The number of carboxylic acid groups (broad SMARTS) is 1. The zero-order chi connectivity index (χ0) is 18.2. The molecule has 5 heteroatoms. The van der Waals surface area contributed by atoms with Crippen LogP contribution >= 0.6 is 0 Å². The van der Waals surface area contributed by atoms with E-state index in [1.165, 1.54) is 7.11 Å². The average Bonchev–Trinajstić information content (AvgIpc) is 2.58. The monoisotopic (exact) mass is 346 g/mol. The second-order valence-corrected chi connectivity index (χ2v) is 10.6. The van der Waals surface area contributed by atoms with Gasteiger partial charge < -0.3 is 14.6 Å². The smallest absolute Gasteiger partial charge is 0.375 e. The van der Waals surface area contributed by atoms with Crippen LogP contribution in [0.3, 0.4) is 0 Å². The molecule has 0 aromatic heterocycles. The number of hydrogen-bond acceptors (Lipinski definition) is 3. The highest BCUT2D eigenvalue weighted by Crippen LogP contribution is 2.23. The number of carboxylic acids is 1.